The molecule has 1 unspecified atom stereocenters. The van der Waals surface area contributed by atoms with E-state index in [1.165, 1.54) is 30.6 Å². The Balaban J connectivity index is 1.50. The summed E-state index contributed by atoms with van der Waals surface area (Å²) in [7, 11) is 0. The Hall–Kier alpha value is -1.81. The van der Waals surface area contributed by atoms with Gasteiger partial charge in [0.15, 0.2) is 0 Å². The molecule has 2 heterocycles. The summed E-state index contributed by atoms with van der Waals surface area (Å²) in [5.41, 5.74) is 2.48. The van der Waals surface area contributed by atoms with E-state index >= 15 is 0 Å². The lowest BCUT2D eigenvalue weighted by Gasteiger charge is -2.23. The van der Waals surface area contributed by atoms with Crippen LogP contribution in [0.3, 0.4) is 0 Å². The summed E-state index contributed by atoms with van der Waals surface area (Å²) in [4.78, 5) is 0. The normalized spacial score (nSPS) is 18.9. The molecule has 20 heavy (non-hydrogen) atoms. The second-order valence-electron chi connectivity index (χ2n) is 5.49. The number of nitrogens with one attached hydrogen (secondary N) is 2. The number of aromatic nitrogens is 2. The molecule has 1 atom stereocenters. The number of piperidine rings is 1. The van der Waals surface area contributed by atoms with E-state index in [4.69, 9.17) is 0 Å². The summed E-state index contributed by atoms with van der Waals surface area (Å²) >= 11 is 0. The zero-order valence-corrected chi connectivity index (χ0v) is 11.8. The Morgan fingerprint density at radius 3 is 2.90 bits per heavy atom. The van der Waals surface area contributed by atoms with Crippen LogP contribution in [0.5, 0.6) is 0 Å². The van der Waals surface area contributed by atoms with Crippen molar-refractivity contribution < 1.29 is 0 Å². The molecule has 4 nitrogen and oxygen atoms in total. The molecule has 2 N–H and O–H groups in total. The van der Waals surface area contributed by atoms with E-state index in [-0.39, 0.29) is 0 Å². The number of hydrogen-bond donors (Lipinski definition) is 2. The van der Waals surface area contributed by atoms with Crippen molar-refractivity contribution in [3.05, 3.63) is 48.3 Å². The van der Waals surface area contributed by atoms with Crippen LogP contribution in [0.1, 0.15) is 18.4 Å². The minimum Gasteiger partial charge on any atom is -0.385 e. The van der Waals surface area contributed by atoms with E-state index in [2.05, 4.69) is 40.0 Å². The van der Waals surface area contributed by atoms with Gasteiger partial charge in [-0.25, -0.2) is 0 Å². The van der Waals surface area contributed by atoms with Crippen molar-refractivity contribution >= 4 is 5.69 Å². The van der Waals surface area contributed by atoms with Crippen LogP contribution in [-0.4, -0.2) is 29.4 Å². The van der Waals surface area contributed by atoms with Crippen molar-refractivity contribution in [2.75, 3.05) is 25.0 Å². The van der Waals surface area contributed by atoms with E-state index in [9.17, 15) is 0 Å². The van der Waals surface area contributed by atoms with Gasteiger partial charge in [0.25, 0.3) is 0 Å². The highest BCUT2D eigenvalue weighted by Gasteiger charge is 2.12. The maximum absolute atomic E-state index is 4.23. The molecule has 1 saturated heterocycles. The summed E-state index contributed by atoms with van der Waals surface area (Å²) in [6.45, 7) is 4.22. The summed E-state index contributed by atoms with van der Waals surface area (Å²) in [6, 6.07) is 10.6. The standard InChI is InChI=1S/C16H22N4/c1-3-15(11-17-8-1)12-18-16-6-4-14(5-7-16)13-20-10-2-9-19-20/h2,4-7,9-10,15,17-18H,1,3,8,11-13H2. The molecule has 0 saturated carbocycles. The molecule has 2 aromatic rings. The highest BCUT2D eigenvalue weighted by atomic mass is 15.3. The molecule has 0 spiro atoms. The Kier molecular flexibility index (Phi) is 4.33. The van der Waals surface area contributed by atoms with E-state index in [0.29, 0.717) is 0 Å². The third kappa shape index (κ3) is 3.61. The maximum Gasteiger partial charge on any atom is 0.0659 e. The predicted molar refractivity (Wildman–Crippen MR) is 81.9 cm³/mol. The molecule has 1 fully saturated rings. The molecule has 0 aliphatic carbocycles. The van der Waals surface area contributed by atoms with Crippen LogP contribution >= 0.6 is 0 Å². The lowest BCUT2D eigenvalue weighted by molar-refractivity contribution is 0.393. The Labute approximate surface area is 120 Å². The van der Waals surface area contributed by atoms with Gasteiger partial charge in [0.2, 0.25) is 0 Å². The lowest BCUT2D eigenvalue weighted by Crippen LogP contribution is -2.33. The fourth-order valence-corrected chi connectivity index (χ4v) is 2.67. The van der Waals surface area contributed by atoms with Crippen molar-refractivity contribution in [3.63, 3.8) is 0 Å². The highest BCUT2D eigenvalue weighted by Crippen LogP contribution is 2.14. The summed E-state index contributed by atoms with van der Waals surface area (Å²) < 4.78 is 1.94. The van der Waals surface area contributed by atoms with Crippen LogP contribution in [0.15, 0.2) is 42.7 Å². The van der Waals surface area contributed by atoms with Crippen LogP contribution in [0.25, 0.3) is 0 Å². The average Bonchev–Trinajstić information content (AvgIpc) is 3.01. The van der Waals surface area contributed by atoms with Crippen LogP contribution in [-0.2, 0) is 6.54 Å². The molecule has 0 amide bonds. The van der Waals surface area contributed by atoms with Gasteiger partial charge in [-0.1, -0.05) is 12.1 Å². The molecule has 0 radical (unpaired) electrons. The van der Waals surface area contributed by atoms with Crippen LogP contribution in [0.2, 0.25) is 0 Å². The topological polar surface area (TPSA) is 41.9 Å². The zero-order valence-electron chi connectivity index (χ0n) is 11.8. The molecule has 1 aliphatic rings. The van der Waals surface area contributed by atoms with E-state index in [1.54, 1.807) is 0 Å². The van der Waals surface area contributed by atoms with Gasteiger partial charge in [-0.3, -0.25) is 4.68 Å². The van der Waals surface area contributed by atoms with Gasteiger partial charge < -0.3 is 10.6 Å². The van der Waals surface area contributed by atoms with Gasteiger partial charge in [-0.15, -0.1) is 0 Å². The zero-order chi connectivity index (χ0) is 13.6. The molecule has 4 heteroatoms. The smallest absolute Gasteiger partial charge is 0.0659 e. The van der Waals surface area contributed by atoms with Gasteiger partial charge in [0.05, 0.1) is 6.54 Å². The molecule has 1 aromatic heterocycles. The first-order valence-electron chi connectivity index (χ1n) is 7.41. The SMILES string of the molecule is c1cnn(Cc2ccc(NCC3CCCNC3)cc2)c1. The third-order valence-electron chi connectivity index (χ3n) is 3.85. The van der Waals surface area contributed by atoms with Gasteiger partial charge >= 0.3 is 0 Å². The summed E-state index contributed by atoms with van der Waals surface area (Å²) in [5.74, 6) is 0.757. The van der Waals surface area contributed by atoms with Crippen molar-refractivity contribution in [1.29, 1.82) is 0 Å². The van der Waals surface area contributed by atoms with Crippen LogP contribution in [0, 0.1) is 5.92 Å². The summed E-state index contributed by atoms with van der Waals surface area (Å²) in [6.07, 6.45) is 6.43. The Bertz CT molecular complexity index is 498. The molecule has 1 aliphatic heterocycles. The predicted octanol–water partition coefficient (Wildman–Crippen LogP) is 2.34. The van der Waals surface area contributed by atoms with Gasteiger partial charge in [0, 0.05) is 24.6 Å². The highest BCUT2D eigenvalue weighted by molar-refractivity contribution is 5.44. The first kappa shape index (κ1) is 13.2. The number of rotatable bonds is 5. The van der Waals surface area contributed by atoms with Gasteiger partial charge in [0.1, 0.15) is 0 Å². The van der Waals surface area contributed by atoms with Gasteiger partial charge in [-0.05, 0) is 55.6 Å². The van der Waals surface area contributed by atoms with E-state index in [0.717, 1.165) is 25.6 Å². The average molecular weight is 270 g/mol. The minimum absolute atomic E-state index is 0.757. The first-order chi connectivity index (χ1) is 9.90. The monoisotopic (exact) mass is 270 g/mol. The molecular weight excluding hydrogens is 248 g/mol. The van der Waals surface area contributed by atoms with Crippen molar-refractivity contribution in [3.8, 4) is 0 Å². The lowest BCUT2D eigenvalue weighted by atomic mass is 10.00. The van der Waals surface area contributed by atoms with E-state index in [1.807, 2.05) is 23.1 Å². The number of hydrogen-bond acceptors (Lipinski definition) is 3. The molecule has 0 bridgehead atoms. The largest absolute Gasteiger partial charge is 0.385 e. The van der Waals surface area contributed by atoms with Crippen LogP contribution in [0.4, 0.5) is 5.69 Å². The van der Waals surface area contributed by atoms with Crippen molar-refractivity contribution in [1.82, 2.24) is 15.1 Å². The fraction of sp³-hybridized carbons (Fsp3) is 0.438. The molecular formula is C16H22N4. The quantitative estimate of drug-likeness (QED) is 0.876. The maximum atomic E-state index is 4.23. The minimum atomic E-state index is 0.757. The number of benzene rings is 1. The Morgan fingerprint density at radius 2 is 2.20 bits per heavy atom. The van der Waals surface area contributed by atoms with E-state index < -0.39 is 0 Å². The van der Waals surface area contributed by atoms with Crippen molar-refractivity contribution in [2.24, 2.45) is 5.92 Å². The van der Waals surface area contributed by atoms with Gasteiger partial charge in [-0.2, -0.15) is 5.10 Å². The second kappa shape index (κ2) is 6.57. The number of nitrogens with zero attached hydrogens (tertiary/aromatic N) is 2. The fourth-order valence-electron chi connectivity index (χ4n) is 2.67. The Morgan fingerprint density at radius 1 is 1.30 bits per heavy atom. The first-order valence-corrected chi connectivity index (χ1v) is 7.41. The third-order valence-corrected chi connectivity index (χ3v) is 3.85. The molecule has 106 valence electrons. The van der Waals surface area contributed by atoms with Crippen molar-refractivity contribution in [2.45, 2.75) is 19.4 Å². The second-order valence-corrected chi connectivity index (χ2v) is 5.49. The molecule has 1 aromatic carbocycles. The van der Waals surface area contributed by atoms with Crippen LogP contribution < -0.4 is 10.6 Å². The molecule has 3 rings (SSSR count). The summed E-state index contributed by atoms with van der Waals surface area (Å²) in [5, 5.41) is 11.2. The number of anilines is 1.